The van der Waals surface area contributed by atoms with Crippen molar-refractivity contribution in [2.75, 3.05) is 18.4 Å². The van der Waals surface area contributed by atoms with Crippen LogP contribution in [0.15, 0.2) is 83.7 Å². The lowest BCUT2D eigenvalue weighted by molar-refractivity contribution is -0.126. The van der Waals surface area contributed by atoms with Gasteiger partial charge in [0.1, 0.15) is 11.2 Å². The lowest BCUT2D eigenvalue weighted by Crippen LogP contribution is -2.51. The van der Waals surface area contributed by atoms with E-state index in [1.54, 1.807) is 5.57 Å². The standard InChI is InChI=1S/C63H90N4O5/c1-41(2)20-19-21-42(3)52-30-31-53-50-27-24-45-38-44(32-34-62(45,10)54(50)33-35-63(52,53)11)57(68)64-36-17-12-13-18-37-67-55-40-47(66-59(70)72-61(7,8)9)26-29-49(55)48-28-25-46(65-58(69)71-60(4,5)6)39-51(48)56(67)43-22-15-14-16-23-43/h14-16,22-26,28,39-42,44,50,52-54H,12-13,17-21,27,29-38H2,1-11H3,(H,64,68)(H,65,69)(H,66,70)/t42-,44+,50+,52-,53+,54+,62+,63-/m1/s1. The van der Waals surface area contributed by atoms with Gasteiger partial charge in [0, 0.05) is 41.3 Å². The second-order valence-corrected chi connectivity index (χ2v) is 25.7. The van der Waals surface area contributed by atoms with Crippen LogP contribution in [-0.4, -0.2) is 47.3 Å². The van der Waals surface area contributed by atoms with Crippen molar-refractivity contribution in [1.82, 2.24) is 15.5 Å². The normalized spacial score (nSPS) is 27.2. The predicted molar refractivity (Wildman–Crippen MR) is 293 cm³/mol. The van der Waals surface area contributed by atoms with Crippen LogP contribution in [0.25, 0.3) is 11.3 Å². The minimum absolute atomic E-state index is 0.0732. The molecule has 5 aliphatic carbocycles. The number of carbonyl (C=O) groups excluding carboxylic acids is 3. The van der Waals surface area contributed by atoms with Crippen molar-refractivity contribution in [2.45, 2.75) is 190 Å². The lowest BCUT2D eigenvalue weighted by atomic mass is 9.46. The Kier molecular flexibility index (Phi) is 16.3. The van der Waals surface area contributed by atoms with Crippen molar-refractivity contribution < 1.29 is 23.9 Å². The van der Waals surface area contributed by atoms with E-state index < -0.39 is 23.4 Å². The van der Waals surface area contributed by atoms with E-state index in [1.165, 1.54) is 51.4 Å². The van der Waals surface area contributed by atoms with Crippen LogP contribution in [0.5, 0.6) is 0 Å². The van der Waals surface area contributed by atoms with Crippen LogP contribution in [0.2, 0.25) is 0 Å². The zero-order chi connectivity index (χ0) is 51.6. The number of hydrogen-bond acceptors (Lipinski definition) is 6. The van der Waals surface area contributed by atoms with Crippen molar-refractivity contribution in [3.05, 3.63) is 99.7 Å². The van der Waals surface area contributed by atoms with E-state index >= 15 is 0 Å². The summed E-state index contributed by atoms with van der Waals surface area (Å²) >= 11 is 0. The molecule has 6 aliphatic rings. The number of nitrogens with zero attached hydrogens (tertiary/aromatic N) is 1. The third-order valence-corrected chi connectivity index (χ3v) is 17.9. The Morgan fingerprint density at radius 1 is 0.764 bits per heavy atom. The van der Waals surface area contributed by atoms with Gasteiger partial charge in [-0.2, -0.15) is 0 Å². The first-order valence-corrected chi connectivity index (χ1v) is 28.2. The van der Waals surface area contributed by atoms with Crippen LogP contribution in [0, 0.1) is 52.3 Å². The van der Waals surface area contributed by atoms with Crippen LogP contribution < -0.4 is 26.4 Å². The molecule has 3 N–H and O–H groups in total. The monoisotopic (exact) mass is 983 g/mol. The fraction of sp³-hybridized carbons (Fsp3) is 0.635. The molecule has 0 aromatic heterocycles. The molecule has 72 heavy (non-hydrogen) atoms. The minimum Gasteiger partial charge on any atom is -0.444 e. The lowest BCUT2D eigenvalue weighted by Gasteiger charge is -2.58. The Hall–Kier alpha value is -4.79. The molecule has 1 heterocycles. The third kappa shape index (κ3) is 12.1. The van der Waals surface area contributed by atoms with Crippen LogP contribution in [-0.2, 0) is 14.3 Å². The molecule has 0 spiro atoms. The molecule has 9 heteroatoms. The van der Waals surface area contributed by atoms with Crippen molar-refractivity contribution in [2.24, 2.45) is 52.3 Å². The summed E-state index contributed by atoms with van der Waals surface area (Å²) in [4.78, 5) is 42.2. The first-order valence-electron chi connectivity index (χ1n) is 28.2. The van der Waals surface area contributed by atoms with Crippen LogP contribution in [0.3, 0.4) is 0 Å². The first kappa shape index (κ1) is 53.5. The molecule has 8 atom stereocenters. The number of alkyl carbamates (subject to hydrolysis) is 1. The molecule has 8 rings (SSSR count). The molecule has 9 nitrogen and oxygen atoms in total. The van der Waals surface area contributed by atoms with E-state index in [2.05, 4.69) is 104 Å². The van der Waals surface area contributed by atoms with Crippen molar-refractivity contribution >= 4 is 35.1 Å². The maximum Gasteiger partial charge on any atom is 0.412 e. The van der Waals surface area contributed by atoms with E-state index in [-0.39, 0.29) is 17.2 Å². The quantitative estimate of drug-likeness (QED) is 0.114. The molecule has 3 fully saturated rings. The average Bonchev–Trinajstić information content (AvgIpc) is 3.67. The summed E-state index contributed by atoms with van der Waals surface area (Å²) in [7, 11) is 0. The number of benzene rings is 2. The predicted octanol–water partition coefficient (Wildman–Crippen LogP) is 13.7. The fourth-order valence-corrected chi connectivity index (χ4v) is 14.5. The molecule has 3 amide bonds. The van der Waals surface area contributed by atoms with Gasteiger partial charge in [-0.1, -0.05) is 121 Å². The van der Waals surface area contributed by atoms with Gasteiger partial charge in [0.2, 0.25) is 5.91 Å². The fourth-order valence-electron chi connectivity index (χ4n) is 14.5. The van der Waals surface area contributed by atoms with Gasteiger partial charge in [-0.05, 0) is 193 Å². The van der Waals surface area contributed by atoms with Gasteiger partial charge in [-0.3, -0.25) is 15.4 Å². The Balaban J connectivity index is 0.895. The van der Waals surface area contributed by atoms with E-state index in [0.29, 0.717) is 29.8 Å². The maximum absolute atomic E-state index is 13.8. The Morgan fingerprint density at radius 2 is 1.49 bits per heavy atom. The van der Waals surface area contributed by atoms with Crippen molar-refractivity contribution in [3.63, 3.8) is 0 Å². The molecule has 3 saturated carbocycles. The second kappa shape index (κ2) is 22.0. The van der Waals surface area contributed by atoms with Gasteiger partial charge >= 0.3 is 12.2 Å². The number of hydrogen-bond donors (Lipinski definition) is 3. The number of carbonyl (C=O) groups is 3. The first-order chi connectivity index (χ1) is 34.1. The number of nitrogens with one attached hydrogen (secondary N) is 3. The van der Waals surface area contributed by atoms with Crippen molar-refractivity contribution in [3.8, 4) is 0 Å². The van der Waals surface area contributed by atoms with E-state index in [1.807, 2.05) is 59.8 Å². The van der Waals surface area contributed by atoms with Gasteiger partial charge in [-0.15, -0.1) is 0 Å². The Bertz CT molecular complexity index is 2530. The molecule has 0 radical (unpaired) electrons. The van der Waals surface area contributed by atoms with Gasteiger partial charge in [0.25, 0.3) is 0 Å². The summed E-state index contributed by atoms with van der Waals surface area (Å²) in [6.07, 6.45) is 24.3. The van der Waals surface area contributed by atoms with Crippen molar-refractivity contribution in [1.29, 1.82) is 0 Å². The zero-order valence-electron chi connectivity index (χ0n) is 46.1. The SMILES string of the molecule is CC(C)CCC[C@@H](C)[C@H]1CC[C@H]2[C@@H]3CC=C4C[C@@H](C(=O)NCCCCCCN5C6=CC(NC(=O)OC(C)(C)C)=CCC6=c6ccc(NC(=O)OC(C)(C)C)cc6=C5c5ccccc5)CC[C@]4(C)[C@H]3CC[C@]12C. The van der Waals surface area contributed by atoms with E-state index in [0.717, 1.165) is 120 Å². The molecule has 2 aromatic rings. The summed E-state index contributed by atoms with van der Waals surface area (Å²) in [5, 5.41) is 11.5. The molecular weight excluding hydrogens is 893 g/mol. The molecule has 2 aromatic carbocycles. The topological polar surface area (TPSA) is 109 Å². The summed E-state index contributed by atoms with van der Waals surface area (Å²) in [5.74, 6) is 5.25. The van der Waals surface area contributed by atoms with Gasteiger partial charge in [-0.25, -0.2) is 9.59 Å². The summed E-state index contributed by atoms with van der Waals surface area (Å²) in [6.45, 7) is 25.2. The van der Waals surface area contributed by atoms with Gasteiger partial charge < -0.3 is 19.7 Å². The minimum atomic E-state index is -0.629. The number of unbranched alkanes of at least 4 members (excludes halogenated alkanes) is 3. The maximum atomic E-state index is 13.8. The highest BCUT2D eigenvalue weighted by molar-refractivity contribution is 5.86. The summed E-state index contributed by atoms with van der Waals surface area (Å²) in [6, 6.07) is 16.5. The van der Waals surface area contributed by atoms with Gasteiger partial charge in [0.05, 0.1) is 5.70 Å². The molecule has 1 aliphatic heterocycles. The van der Waals surface area contributed by atoms with Gasteiger partial charge in [0.15, 0.2) is 0 Å². The molecule has 0 unspecified atom stereocenters. The second-order valence-electron chi connectivity index (χ2n) is 25.7. The van der Waals surface area contributed by atoms with E-state index in [4.69, 9.17) is 9.47 Å². The number of allylic oxidation sites excluding steroid dienone is 5. The molecule has 0 saturated heterocycles. The smallest absolute Gasteiger partial charge is 0.412 e. The van der Waals surface area contributed by atoms with Crippen LogP contribution >= 0.6 is 0 Å². The highest BCUT2D eigenvalue weighted by Gasteiger charge is 2.59. The summed E-state index contributed by atoms with van der Waals surface area (Å²) < 4.78 is 11.3. The number of amides is 3. The molecular formula is C63H90N4O5. The Labute approximate surface area is 433 Å². The summed E-state index contributed by atoms with van der Waals surface area (Å²) in [5.41, 5.74) is 6.72. The van der Waals surface area contributed by atoms with Crippen LogP contribution in [0.1, 0.15) is 184 Å². The third-order valence-electron chi connectivity index (χ3n) is 17.9. The number of ether oxygens (including phenoxy) is 2. The highest BCUT2D eigenvalue weighted by Crippen LogP contribution is 2.67. The number of fused-ring (bicyclic) bond motifs is 7. The Morgan fingerprint density at radius 3 is 2.21 bits per heavy atom. The number of anilines is 1. The zero-order valence-corrected chi connectivity index (χ0v) is 46.1. The largest absolute Gasteiger partial charge is 0.444 e. The van der Waals surface area contributed by atoms with Crippen LogP contribution in [0.4, 0.5) is 15.3 Å². The average molecular weight is 983 g/mol. The number of rotatable bonds is 16. The molecule has 392 valence electrons. The highest BCUT2D eigenvalue weighted by atomic mass is 16.6. The van der Waals surface area contributed by atoms with E-state index in [9.17, 15) is 14.4 Å². The molecule has 0 bridgehead atoms.